The lowest BCUT2D eigenvalue weighted by atomic mass is 10.2. The second kappa shape index (κ2) is 5.37. The maximum atomic E-state index is 13.6. The Balaban J connectivity index is 2.23. The van der Waals surface area contributed by atoms with Crippen LogP contribution >= 0.6 is 0 Å². The molecule has 0 aromatic carbocycles. The normalized spacial score (nSPS) is 20.6. The molecule has 0 radical (unpaired) electrons. The van der Waals surface area contributed by atoms with Crippen LogP contribution in [0.3, 0.4) is 0 Å². The number of ether oxygens (including phenoxy) is 1. The van der Waals surface area contributed by atoms with Gasteiger partial charge in [0.05, 0.1) is 25.5 Å². The first-order valence-corrected chi connectivity index (χ1v) is 5.52. The highest BCUT2D eigenvalue weighted by Gasteiger charge is 2.25. The average Bonchev–Trinajstić information content (AvgIpc) is 2.31. The van der Waals surface area contributed by atoms with Gasteiger partial charge in [0.2, 0.25) is 0 Å². The monoisotopic (exact) mass is 243 g/mol. The largest absolute Gasteiger partial charge is 0.377 e. The third-order valence-electron chi connectivity index (χ3n) is 2.73. The summed E-state index contributed by atoms with van der Waals surface area (Å²) < 4.78 is 31.8. The summed E-state index contributed by atoms with van der Waals surface area (Å²) in [6.07, 6.45) is 1.03. The second-order valence-electron chi connectivity index (χ2n) is 3.94. The summed E-state index contributed by atoms with van der Waals surface area (Å²) in [5.74, 6) is -1.10. The zero-order valence-corrected chi connectivity index (χ0v) is 9.62. The van der Waals surface area contributed by atoms with Gasteiger partial charge in [-0.1, -0.05) is 0 Å². The molecule has 1 fully saturated rings. The number of morpholine rings is 1. The van der Waals surface area contributed by atoms with Crippen LogP contribution in [0.25, 0.3) is 0 Å². The van der Waals surface area contributed by atoms with E-state index in [0.717, 1.165) is 12.3 Å². The predicted octanol–water partition coefficient (Wildman–Crippen LogP) is 0.784. The van der Waals surface area contributed by atoms with Crippen LogP contribution < -0.4 is 10.2 Å². The van der Waals surface area contributed by atoms with Gasteiger partial charge in [0.1, 0.15) is 5.82 Å². The molecule has 0 saturated carbocycles. The van der Waals surface area contributed by atoms with E-state index in [1.165, 1.54) is 0 Å². The van der Waals surface area contributed by atoms with Gasteiger partial charge in [-0.05, 0) is 7.05 Å². The summed E-state index contributed by atoms with van der Waals surface area (Å²) in [7, 11) is 1.82. The number of anilines is 1. The maximum absolute atomic E-state index is 13.6. The fraction of sp³-hybridized carbons (Fsp3) is 0.545. The number of hydrogen-bond donors (Lipinski definition) is 1. The van der Waals surface area contributed by atoms with E-state index in [4.69, 9.17) is 4.74 Å². The number of rotatable bonds is 3. The SMILES string of the molecule is CNCC1COCCN1c1ncc(F)cc1F. The average molecular weight is 243 g/mol. The summed E-state index contributed by atoms with van der Waals surface area (Å²) in [5, 5.41) is 3.02. The zero-order valence-electron chi connectivity index (χ0n) is 9.62. The molecule has 6 heteroatoms. The summed E-state index contributed by atoms with van der Waals surface area (Å²) in [6, 6.07) is 0.870. The second-order valence-corrected chi connectivity index (χ2v) is 3.94. The van der Waals surface area contributed by atoms with E-state index in [2.05, 4.69) is 10.3 Å². The van der Waals surface area contributed by atoms with Crippen molar-refractivity contribution in [2.24, 2.45) is 0 Å². The lowest BCUT2D eigenvalue weighted by Gasteiger charge is -2.36. The van der Waals surface area contributed by atoms with Crippen LogP contribution in [0.15, 0.2) is 12.3 Å². The van der Waals surface area contributed by atoms with Crippen molar-refractivity contribution < 1.29 is 13.5 Å². The van der Waals surface area contributed by atoms with E-state index in [1.54, 1.807) is 0 Å². The Hall–Kier alpha value is -1.27. The molecule has 0 bridgehead atoms. The third-order valence-corrected chi connectivity index (χ3v) is 2.73. The van der Waals surface area contributed by atoms with E-state index in [9.17, 15) is 8.78 Å². The Morgan fingerprint density at radius 2 is 2.41 bits per heavy atom. The van der Waals surface area contributed by atoms with Crippen molar-refractivity contribution in [3.05, 3.63) is 23.9 Å². The van der Waals surface area contributed by atoms with Gasteiger partial charge in [-0.25, -0.2) is 13.8 Å². The number of hydrogen-bond acceptors (Lipinski definition) is 4. The van der Waals surface area contributed by atoms with Crippen molar-refractivity contribution >= 4 is 5.82 Å². The molecule has 1 aromatic heterocycles. The summed E-state index contributed by atoms with van der Waals surface area (Å²) in [5.41, 5.74) is 0. The maximum Gasteiger partial charge on any atom is 0.168 e. The first-order chi connectivity index (χ1) is 8.22. The smallest absolute Gasteiger partial charge is 0.168 e. The van der Waals surface area contributed by atoms with Crippen molar-refractivity contribution in [3.8, 4) is 0 Å². The molecule has 1 atom stereocenters. The highest BCUT2D eigenvalue weighted by Crippen LogP contribution is 2.20. The van der Waals surface area contributed by atoms with Crippen molar-refractivity contribution in [1.82, 2.24) is 10.3 Å². The topological polar surface area (TPSA) is 37.4 Å². The van der Waals surface area contributed by atoms with Crippen molar-refractivity contribution in [3.63, 3.8) is 0 Å². The number of nitrogens with one attached hydrogen (secondary N) is 1. The van der Waals surface area contributed by atoms with Crippen molar-refractivity contribution in [1.29, 1.82) is 0 Å². The molecule has 2 rings (SSSR count). The minimum absolute atomic E-state index is 0.0150. The first kappa shape index (κ1) is 12.2. The standard InChI is InChI=1S/C11H15F2N3O/c1-14-6-9-7-17-3-2-16(9)11-10(13)4-8(12)5-15-11/h4-5,9,14H,2-3,6-7H2,1H3. The Morgan fingerprint density at radius 1 is 1.59 bits per heavy atom. The Kier molecular flexibility index (Phi) is 3.86. The third kappa shape index (κ3) is 2.70. The molecule has 2 heterocycles. The van der Waals surface area contributed by atoms with Gasteiger partial charge in [0.15, 0.2) is 11.6 Å². The molecule has 1 aromatic rings. The number of halogens is 2. The molecular formula is C11H15F2N3O. The molecule has 0 amide bonds. The molecule has 0 spiro atoms. The number of pyridine rings is 1. The zero-order chi connectivity index (χ0) is 12.3. The molecule has 1 aliphatic rings. The molecule has 1 unspecified atom stereocenters. The van der Waals surface area contributed by atoms with E-state index in [0.29, 0.717) is 26.3 Å². The van der Waals surface area contributed by atoms with Crippen LogP contribution in [0.2, 0.25) is 0 Å². The van der Waals surface area contributed by atoms with E-state index >= 15 is 0 Å². The lowest BCUT2D eigenvalue weighted by molar-refractivity contribution is 0.0935. The van der Waals surface area contributed by atoms with E-state index in [-0.39, 0.29) is 11.9 Å². The fourth-order valence-corrected chi connectivity index (χ4v) is 1.96. The predicted molar refractivity (Wildman–Crippen MR) is 60.0 cm³/mol. The van der Waals surface area contributed by atoms with Crippen LogP contribution in [-0.2, 0) is 4.74 Å². The first-order valence-electron chi connectivity index (χ1n) is 5.52. The minimum atomic E-state index is -0.662. The van der Waals surface area contributed by atoms with Gasteiger partial charge < -0.3 is 15.0 Å². The molecule has 1 N–H and O–H groups in total. The fourth-order valence-electron chi connectivity index (χ4n) is 1.96. The van der Waals surface area contributed by atoms with Crippen LogP contribution in [-0.4, -0.2) is 44.4 Å². The minimum Gasteiger partial charge on any atom is -0.377 e. The van der Waals surface area contributed by atoms with Gasteiger partial charge >= 0.3 is 0 Å². The van der Waals surface area contributed by atoms with Gasteiger partial charge in [-0.2, -0.15) is 0 Å². The van der Waals surface area contributed by atoms with Crippen LogP contribution in [0, 0.1) is 11.6 Å². The highest BCUT2D eigenvalue weighted by atomic mass is 19.1. The van der Waals surface area contributed by atoms with Crippen LogP contribution in [0.5, 0.6) is 0 Å². The molecule has 4 nitrogen and oxygen atoms in total. The Labute approximate surface area is 98.6 Å². The van der Waals surface area contributed by atoms with Gasteiger partial charge in [0.25, 0.3) is 0 Å². The molecule has 17 heavy (non-hydrogen) atoms. The Bertz CT molecular complexity index is 387. The molecule has 94 valence electrons. The van der Waals surface area contributed by atoms with Gasteiger partial charge in [0, 0.05) is 19.2 Å². The Morgan fingerprint density at radius 3 is 3.12 bits per heavy atom. The number of aromatic nitrogens is 1. The molecule has 1 saturated heterocycles. The van der Waals surface area contributed by atoms with Crippen molar-refractivity contribution in [2.45, 2.75) is 6.04 Å². The van der Waals surface area contributed by atoms with E-state index < -0.39 is 11.6 Å². The number of likely N-dealkylation sites (N-methyl/N-ethyl adjacent to an activating group) is 1. The van der Waals surface area contributed by atoms with Crippen LogP contribution in [0.4, 0.5) is 14.6 Å². The van der Waals surface area contributed by atoms with Gasteiger partial charge in [-0.15, -0.1) is 0 Å². The number of nitrogens with zero attached hydrogens (tertiary/aromatic N) is 2. The van der Waals surface area contributed by atoms with E-state index in [1.807, 2.05) is 11.9 Å². The molecule has 1 aliphatic heterocycles. The lowest BCUT2D eigenvalue weighted by Crippen LogP contribution is -2.50. The molecule has 0 aliphatic carbocycles. The summed E-state index contributed by atoms with van der Waals surface area (Å²) in [4.78, 5) is 5.64. The highest BCUT2D eigenvalue weighted by molar-refractivity contribution is 5.41. The summed E-state index contributed by atoms with van der Waals surface area (Å²) in [6.45, 7) is 2.26. The van der Waals surface area contributed by atoms with Gasteiger partial charge in [-0.3, -0.25) is 0 Å². The van der Waals surface area contributed by atoms with Crippen LogP contribution in [0.1, 0.15) is 0 Å². The molecular weight excluding hydrogens is 228 g/mol. The quantitative estimate of drug-likeness (QED) is 0.851. The summed E-state index contributed by atoms with van der Waals surface area (Å²) >= 11 is 0. The van der Waals surface area contributed by atoms with Crippen molar-refractivity contribution in [2.75, 3.05) is 38.3 Å².